The van der Waals surface area contributed by atoms with Gasteiger partial charge in [-0.25, -0.2) is 0 Å². The van der Waals surface area contributed by atoms with Crippen molar-refractivity contribution in [2.75, 3.05) is 27.3 Å². The van der Waals surface area contributed by atoms with Gasteiger partial charge in [0.15, 0.2) is 0 Å². The fourth-order valence-electron chi connectivity index (χ4n) is 8.43. The molecular weight excluding hydrogens is 446 g/mol. The third-order valence-corrected chi connectivity index (χ3v) is 9.84. The van der Waals surface area contributed by atoms with Crippen LogP contribution in [0.1, 0.15) is 59.3 Å². The Labute approximate surface area is 210 Å². The van der Waals surface area contributed by atoms with Crippen molar-refractivity contribution in [3.63, 3.8) is 0 Å². The van der Waals surface area contributed by atoms with E-state index < -0.39 is 6.10 Å². The van der Waals surface area contributed by atoms with Gasteiger partial charge >= 0.3 is 0 Å². The van der Waals surface area contributed by atoms with Gasteiger partial charge in [-0.15, -0.1) is 0 Å². The van der Waals surface area contributed by atoms with Crippen LogP contribution in [0.15, 0.2) is 0 Å². The molecule has 3 saturated heterocycles. The normalized spacial score (nSPS) is 43.4. The summed E-state index contributed by atoms with van der Waals surface area (Å²) in [5.41, 5.74) is 0. The van der Waals surface area contributed by atoms with E-state index in [-0.39, 0.29) is 36.2 Å². The minimum absolute atomic E-state index is 0.00740. The quantitative estimate of drug-likeness (QED) is 0.552. The molecule has 2 aliphatic carbocycles. The Balaban J connectivity index is 1.32. The number of amides is 2. The number of piperidine rings is 2. The van der Waals surface area contributed by atoms with Crippen LogP contribution < -0.4 is 10.6 Å². The lowest BCUT2D eigenvalue weighted by atomic mass is 9.64. The van der Waals surface area contributed by atoms with Crippen LogP contribution in [-0.2, 0) is 23.8 Å². The van der Waals surface area contributed by atoms with Crippen molar-refractivity contribution in [3.05, 3.63) is 0 Å². The summed E-state index contributed by atoms with van der Waals surface area (Å²) < 4.78 is 18.0. The molecule has 0 aromatic carbocycles. The molecule has 2 saturated carbocycles. The van der Waals surface area contributed by atoms with Crippen LogP contribution in [-0.4, -0.2) is 86.6 Å². The van der Waals surface area contributed by atoms with Gasteiger partial charge in [0.2, 0.25) is 11.8 Å². The number of quaternary nitrogens is 1. The summed E-state index contributed by atoms with van der Waals surface area (Å²) in [6.07, 6.45) is 5.46. The molecule has 8 nitrogen and oxygen atoms in total. The highest BCUT2D eigenvalue weighted by Gasteiger charge is 2.66. The minimum atomic E-state index is -0.440. The minimum Gasteiger partial charge on any atom is -0.379 e. The molecular formula is C27H46N3O5+. The zero-order valence-corrected chi connectivity index (χ0v) is 22.2. The molecule has 3 N–H and O–H groups in total. The molecule has 8 heteroatoms. The van der Waals surface area contributed by atoms with E-state index in [0.29, 0.717) is 48.2 Å². The van der Waals surface area contributed by atoms with E-state index in [4.69, 9.17) is 14.2 Å². The largest absolute Gasteiger partial charge is 0.379 e. The van der Waals surface area contributed by atoms with Crippen LogP contribution >= 0.6 is 0 Å². The number of carbonyl (C=O) groups is 2. The molecule has 3 aliphatic heterocycles. The van der Waals surface area contributed by atoms with E-state index in [1.54, 1.807) is 14.2 Å². The predicted molar refractivity (Wildman–Crippen MR) is 130 cm³/mol. The average Bonchev–Trinajstić information content (AvgIpc) is 3.19. The third kappa shape index (κ3) is 4.42. The van der Waals surface area contributed by atoms with Gasteiger partial charge in [0.05, 0.1) is 36.8 Å². The van der Waals surface area contributed by atoms with Gasteiger partial charge in [0.25, 0.3) is 0 Å². The van der Waals surface area contributed by atoms with E-state index in [2.05, 4.69) is 29.4 Å². The van der Waals surface area contributed by atoms with Crippen molar-refractivity contribution < 1.29 is 29.1 Å². The maximum absolute atomic E-state index is 14.1. The van der Waals surface area contributed by atoms with E-state index in [1.165, 1.54) is 0 Å². The summed E-state index contributed by atoms with van der Waals surface area (Å²) in [5.74, 6) is 1.97. The maximum Gasteiger partial charge on any atom is 0.248 e. The molecule has 0 aromatic heterocycles. The molecule has 5 aliphatic rings. The van der Waals surface area contributed by atoms with E-state index in [1.807, 2.05) is 6.92 Å². The molecule has 11 atom stereocenters. The Kier molecular flexibility index (Phi) is 7.46. The number of fused-ring (bicyclic) bond motifs is 5. The van der Waals surface area contributed by atoms with Crippen LogP contribution in [0.2, 0.25) is 0 Å². The van der Waals surface area contributed by atoms with Gasteiger partial charge < -0.3 is 29.7 Å². The van der Waals surface area contributed by atoms with Crippen molar-refractivity contribution in [2.24, 2.45) is 29.6 Å². The third-order valence-electron chi connectivity index (χ3n) is 9.84. The molecule has 2 amide bonds. The first-order valence-corrected chi connectivity index (χ1v) is 14.0. The number of nitrogens with zero attached hydrogens (tertiary/aromatic N) is 1. The van der Waals surface area contributed by atoms with E-state index >= 15 is 0 Å². The van der Waals surface area contributed by atoms with Crippen molar-refractivity contribution in [3.8, 4) is 0 Å². The standard InChI is InChI=1S/C27H45N3O5/c1-14(2)13-29-26(31)15(3)35-16-6-8-20-19(12-16)17-10-11-28-23-18-7-9-21(33-4)25(34-5)22(18)27(32)30(20)24(17)23/h14-25,28H,6-13H2,1-5H3,(H,29,31)/p+1/t15-,16?,17?,18?,19?,20?,21?,22?,23?,24?,25?/m1/s1. The first-order valence-electron chi connectivity index (χ1n) is 14.0. The number of hydrogen-bond acceptors (Lipinski definition) is 5. The number of hydrogen-bond donors (Lipinski definition) is 2. The van der Waals surface area contributed by atoms with Gasteiger partial charge in [0.1, 0.15) is 12.1 Å². The molecule has 5 fully saturated rings. The van der Waals surface area contributed by atoms with Crippen LogP contribution in [0.25, 0.3) is 0 Å². The topological polar surface area (TPSA) is 93.7 Å². The predicted octanol–water partition coefficient (Wildman–Crippen LogP) is 0.934. The van der Waals surface area contributed by atoms with Crippen LogP contribution in [0.4, 0.5) is 0 Å². The Bertz CT molecular complexity index is 793. The number of rotatable bonds is 7. The molecule has 0 bridgehead atoms. The van der Waals surface area contributed by atoms with Gasteiger partial charge in [-0.2, -0.15) is 0 Å². The summed E-state index contributed by atoms with van der Waals surface area (Å²) >= 11 is 0. The van der Waals surface area contributed by atoms with Crippen molar-refractivity contribution in [2.45, 2.75) is 102 Å². The van der Waals surface area contributed by atoms with Crippen molar-refractivity contribution >= 4 is 11.8 Å². The Morgan fingerprint density at radius 1 is 1.06 bits per heavy atom. The second-order valence-electron chi connectivity index (χ2n) is 12.1. The number of ether oxygens (including phenoxy) is 3. The van der Waals surface area contributed by atoms with E-state index in [0.717, 1.165) is 45.1 Å². The first-order chi connectivity index (χ1) is 16.8. The van der Waals surface area contributed by atoms with Gasteiger partial charge in [-0.05, 0) is 56.8 Å². The summed E-state index contributed by atoms with van der Waals surface area (Å²) in [7, 11) is 3.48. The highest BCUT2D eigenvalue weighted by Crippen LogP contribution is 2.53. The summed E-state index contributed by atoms with van der Waals surface area (Å²) in [6.45, 7) is 7.87. The Hall–Kier alpha value is -1.22. The molecule has 198 valence electrons. The van der Waals surface area contributed by atoms with Crippen molar-refractivity contribution in [1.82, 2.24) is 10.2 Å². The lowest BCUT2D eigenvalue weighted by molar-refractivity contribution is -0.713. The molecule has 0 aromatic rings. The number of methoxy groups -OCH3 is 2. The summed E-state index contributed by atoms with van der Waals surface area (Å²) in [4.78, 5) is 29.0. The summed E-state index contributed by atoms with van der Waals surface area (Å²) in [6, 6.07) is 1.07. The molecule has 5 rings (SSSR count). The van der Waals surface area contributed by atoms with Gasteiger partial charge in [-0.3, -0.25) is 9.59 Å². The first kappa shape index (κ1) is 25.4. The summed E-state index contributed by atoms with van der Waals surface area (Å²) in [5, 5.41) is 5.53. The monoisotopic (exact) mass is 492 g/mol. The van der Waals surface area contributed by atoms with Gasteiger partial charge in [-0.1, -0.05) is 13.8 Å². The molecule has 0 radical (unpaired) electrons. The lowest BCUT2D eigenvalue weighted by Crippen LogP contribution is -2.99. The molecule has 0 spiro atoms. The molecule has 3 heterocycles. The SMILES string of the molecule is COC1CCC2C3[NH2+]CCC4C5CC(O[C@H](C)C(=O)NCC(C)C)CCC5N(C(=O)C2C1OC)C43. The molecule has 35 heavy (non-hydrogen) atoms. The smallest absolute Gasteiger partial charge is 0.248 e. The maximum atomic E-state index is 14.1. The van der Waals surface area contributed by atoms with Crippen LogP contribution in [0.3, 0.4) is 0 Å². The second-order valence-corrected chi connectivity index (χ2v) is 12.1. The number of carbonyl (C=O) groups excluding carboxylic acids is 2. The van der Waals surface area contributed by atoms with E-state index in [9.17, 15) is 9.59 Å². The van der Waals surface area contributed by atoms with Crippen LogP contribution in [0, 0.1) is 29.6 Å². The zero-order chi connectivity index (χ0) is 24.9. The fourth-order valence-corrected chi connectivity index (χ4v) is 8.43. The van der Waals surface area contributed by atoms with Crippen molar-refractivity contribution in [1.29, 1.82) is 0 Å². The number of nitrogens with two attached hydrogens (primary N) is 1. The highest BCUT2D eigenvalue weighted by molar-refractivity contribution is 5.82. The second kappa shape index (κ2) is 10.3. The lowest BCUT2D eigenvalue weighted by Gasteiger charge is -2.53. The molecule has 10 unspecified atom stereocenters. The van der Waals surface area contributed by atoms with Gasteiger partial charge in [0, 0.05) is 39.1 Å². The number of nitrogens with one attached hydrogen (secondary N) is 1. The Morgan fingerprint density at radius 2 is 1.86 bits per heavy atom. The van der Waals surface area contributed by atoms with Crippen LogP contribution in [0.5, 0.6) is 0 Å². The highest BCUT2D eigenvalue weighted by atomic mass is 16.5. The zero-order valence-electron chi connectivity index (χ0n) is 22.2. The Morgan fingerprint density at radius 3 is 2.57 bits per heavy atom. The fraction of sp³-hybridized carbons (Fsp3) is 0.926. The average molecular weight is 493 g/mol.